The van der Waals surface area contributed by atoms with E-state index in [4.69, 9.17) is 0 Å². The van der Waals surface area contributed by atoms with E-state index >= 15 is 0 Å². The van der Waals surface area contributed by atoms with Crippen molar-refractivity contribution < 1.29 is 0 Å². The molecule has 1 aromatic carbocycles. The minimum atomic E-state index is 0. The second-order valence-corrected chi connectivity index (χ2v) is 4.53. The molecule has 14 heavy (non-hydrogen) atoms. The molecule has 0 aliphatic carbocycles. The first-order chi connectivity index (χ1) is 6.27. The Bertz CT molecular complexity index is 308. The molecule has 1 aliphatic rings. The first-order valence-electron chi connectivity index (χ1n) is 4.77. The van der Waals surface area contributed by atoms with Crippen LogP contribution < -0.4 is 5.32 Å². The molecule has 1 aromatic rings. The van der Waals surface area contributed by atoms with Crippen LogP contribution in [0.3, 0.4) is 0 Å². The van der Waals surface area contributed by atoms with Gasteiger partial charge in [-0.2, -0.15) is 0 Å². The van der Waals surface area contributed by atoms with Crippen LogP contribution in [0.15, 0.2) is 22.7 Å². The van der Waals surface area contributed by atoms with E-state index in [1.165, 1.54) is 28.4 Å². The Morgan fingerprint density at radius 3 is 2.79 bits per heavy atom. The third-order valence-electron chi connectivity index (χ3n) is 2.59. The van der Waals surface area contributed by atoms with E-state index < -0.39 is 0 Å². The molecule has 0 saturated carbocycles. The summed E-state index contributed by atoms with van der Waals surface area (Å²) >= 11 is 3.62. The zero-order valence-electron chi connectivity index (χ0n) is 8.22. The number of benzene rings is 1. The average Bonchev–Trinajstić information content (AvgIpc) is 2.56. The maximum absolute atomic E-state index is 3.62. The SMILES string of the molecule is Cc1ccc([C@H]2CCCN2)c(Br)c1.Cl. The monoisotopic (exact) mass is 275 g/mol. The van der Waals surface area contributed by atoms with E-state index in [0.29, 0.717) is 6.04 Å². The maximum Gasteiger partial charge on any atom is 0.0331 e. The van der Waals surface area contributed by atoms with Gasteiger partial charge in [0, 0.05) is 10.5 Å². The van der Waals surface area contributed by atoms with Crippen LogP contribution >= 0.6 is 28.3 Å². The minimum Gasteiger partial charge on any atom is -0.310 e. The molecular weight excluding hydrogens is 261 g/mol. The predicted octanol–water partition coefficient (Wildman–Crippen LogP) is 3.60. The highest BCUT2D eigenvalue weighted by Gasteiger charge is 2.17. The van der Waals surface area contributed by atoms with Crippen LogP contribution in [0, 0.1) is 6.92 Å². The number of rotatable bonds is 1. The minimum absolute atomic E-state index is 0. The largest absolute Gasteiger partial charge is 0.310 e. The molecule has 0 spiro atoms. The summed E-state index contributed by atoms with van der Waals surface area (Å²) in [6.07, 6.45) is 2.56. The Hall–Kier alpha value is -0.0500. The Balaban J connectivity index is 0.000000980. The van der Waals surface area contributed by atoms with Crippen LogP contribution in [0.2, 0.25) is 0 Å². The van der Waals surface area contributed by atoms with E-state index in [1.807, 2.05) is 0 Å². The lowest BCUT2D eigenvalue weighted by Gasteiger charge is -2.12. The molecule has 3 heteroatoms. The van der Waals surface area contributed by atoms with Gasteiger partial charge < -0.3 is 5.32 Å². The van der Waals surface area contributed by atoms with Gasteiger partial charge in [0.2, 0.25) is 0 Å². The van der Waals surface area contributed by atoms with Crippen molar-refractivity contribution >= 4 is 28.3 Å². The molecule has 0 aromatic heterocycles. The molecule has 1 aliphatic heterocycles. The number of nitrogens with one attached hydrogen (secondary N) is 1. The summed E-state index contributed by atoms with van der Waals surface area (Å²) in [6.45, 7) is 3.28. The summed E-state index contributed by atoms with van der Waals surface area (Å²) in [5.74, 6) is 0. The number of aryl methyl sites for hydroxylation is 1. The lowest BCUT2D eigenvalue weighted by atomic mass is 10.0. The van der Waals surface area contributed by atoms with Crippen molar-refractivity contribution in [2.45, 2.75) is 25.8 Å². The number of halogens is 2. The van der Waals surface area contributed by atoms with Crippen LogP contribution in [-0.2, 0) is 0 Å². The smallest absolute Gasteiger partial charge is 0.0331 e. The summed E-state index contributed by atoms with van der Waals surface area (Å²) in [7, 11) is 0. The second-order valence-electron chi connectivity index (χ2n) is 3.67. The zero-order valence-corrected chi connectivity index (χ0v) is 10.6. The van der Waals surface area contributed by atoms with E-state index in [0.717, 1.165) is 6.54 Å². The van der Waals surface area contributed by atoms with Gasteiger partial charge in [0.05, 0.1) is 0 Å². The van der Waals surface area contributed by atoms with Crippen molar-refractivity contribution in [3.8, 4) is 0 Å². The third-order valence-corrected chi connectivity index (χ3v) is 3.28. The van der Waals surface area contributed by atoms with Gasteiger partial charge in [-0.1, -0.05) is 28.1 Å². The van der Waals surface area contributed by atoms with Gasteiger partial charge in [-0.15, -0.1) is 12.4 Å². The number of hydrogen-bond donors (Lipinski definition) is 1. The molecule has 0 amide bonds. The average molecular weight is 277 g/mol. The molecule has 1 fully saturated rings. The first kappa shape index (κ1) is 12.0. The zero-order chi connectivity index (χ0) is 9.26. The van der Waals surface area contributed by atoms with Crippen molar-refractivity contribution in [1.82, 2.24) is 5.32 Å². The normalized spacial score (nSPS) is 20.6. The molecular formula is C11H15BrClN. The summed E-state index contributed by atoms with van der Waals surface area (Å²) in [5, 5.41) is 3.50. The van der Waals surface area contributed by atoms with E-state index in [1.54, 1.807) is 0 Å². The van der Waals surface area contributed by atoms with Crippen LogP contribution in [0.1, 0.15) is 30.0 Å². The van der Waals surface area contributed by atoms with Crippen molar-refractivity contribution in [3.63, 3.8) is 0 Å². The van der Waals surface area contributed by atoms with Gasteiger partial charge in [0.1, 0.15) is 0 Å². The topological polar surface area (TPSA) is 12.0 Å². The molecule has 0 bridgehead atoms. The van der Waals surface area contributed by atoms with Crippen molar-refractivity contribution in [3.05, 3.63) is 33.8 Å². The lowest BCUT2D eigenvalue weighted by Crippen LogP contribution is -2.13. The maximum atomic E-state index is 3.62. The van der Waals surface area contributed by atoms with E-state index in [9.17, 15) is 0 Å². The van der Waals surface area contributed by atoms with Gasteiger partial charge >= 0.3 is 0 Å². The molecule has 1 nitrogen and oxygen atoms in total. The Morgan fingerprint density at radius 1 is 1.43 bits per heavy atom. The quantitative estimate of drug-likeness (QED) is 0.826. The second kappa shape index (κ2) is 5.15. The summed E-state index contributed by atoms with van der Waals surface area (Å²) < 4.78 is 1.24. The highest BCUT2D eigenvalue weighted by molar-refractivity contribution is 9.10. The Kier molecular flexibility index (Phi) is 4.42. The fourth-order valence-electron chi connectivity index (χ4n) is 1.86. The van der Waals surface area contributed by atoms with Gasteiger partial charge in [-0.3, -0.25) is 0 Å². The van der Waals surface area contributed by atoms with Gasteiger partial charge in [0.25, 0.3) is 0 Å². The fraction of sp³-hybridized carbons (Fsp3) is 0.455. The highest BCUT2D eigenvalue weighted by atomic mass is 79.9. The van der Waals surface area contributed by atoms with Crippen LogP contribution in [0.4, 0.5) is 0 Å². The van der Waals surface area contributed by atoms with Crippen LogP contribution in [-0.4, -0.2) is 6.54 Å². The Labute approximate surface area is 99.8 Å². The predicted molar refractivity (Wildman–Crippen MR) is 66.1 cm³/mol. The fourth-order valence-corrected chi connectivity index (χ4v) is 2.63. The highest BCUT2D eigenvalue weighted by Crippen LogP contribution is 2.29. The molecule has 1 atom stereocenters. The molecule has 78 valence electrons. The van der Waals surface area contributed by atoms with Gasteiger partial charge in [0.15, 0.2) is 0 Å². The van der Waals surface area contributed by atoms with Crippen molar-refractivity contribution in [2.24, 2.45) is 0 Å². The van der Waals surface area contributed by atoms with Crippen molar-refractivity contribution in [2.75, 3.05) is 6.54 Å². The first-order valence-corrected chi connectivity index (χ1v) is 5.56. The molecule has 1 saturated heterocycles. The third kappa shape index (κ3) is 2.50. The molecule has 0 unspecified atom stereocenters. The number of hydrogen-bond acceptors (Lipinski definition) is 1. The molecule has 2 rings (SSSR count). The van der Waals surface area contributed by atoms with Crippen molar-refractivity contribution in [1.29, 1.82) is 0 Å². The van der Waals surface area contributed by atoms with E-state index in [-0.39, 0.29) is 12.4 Å². The molecule has 1 heterocycles. The molecule has 0 radical (unpaired) electrons. The van der Waals surface area contributed by atoms with Gasteiger partial charge in [-0.25, -0.2) is 0 Å². The summed E-state index contributed by atoms with van der Waals surface area (Å²) in [5.41, 5.74) is 2.72. The summed E-state index contributed by atoms with van der Waals surface area (Å²) in [4.78, 5) is 0. The Morgan fingerprint density at radius 2 is 2.21 bits per heavy atom. The van der Waals surface area contributed by atoms with Crippen LogP contribution in [0.25, 0.3) is 0 Å². The van der Waals surface area contributed by atoms with Crippen LogP contribution in [0.5, 0.6) is 0 Å². The standard InChI is InChI=1S/C11H14BrN.ClH/c1-8-4-5-9(10(12)7-8)11-3-2-6-13-11;/h4-5,7,11,13H,2-3,6H2,1H3;1H/t11-;/m1./s1. The summed E-state index contributed by atoms with van der Waals surface area (Å²) in [6, 6.07) is 7.16. The lowest BCUT2D eigenvalue weighted by molar-refractivity contribution is 0.645. The van der Waals surface area contributed by atoms with Gasteiger partial charge in [-0.05, 0) is 43.5 Å². The van der Waals surface area contributed by atoms with E-state index in [2.05, 4.69) is 46.4 Å². The molecule has 1 N–H and O–H groups in total.